The molecule has 0 bridgehead atoms. The van der Waals surface area contributed by atoms with Gasteiger partial charge in [0.1, 0.15) is 0 Å². The van der Waals surface area contributed by atoms with Gasteiger partial charge >= 0.3 is 12.1 Å². The summed E-state index contributed by atoms with van der Waals surface area (Å²) < 4.78 is 76.2. The molecule has 164 valence electrons. The lowest BCUT2D eigenvalue weighted by Gasteiger charge is -2.32. The topological polar surface area (TPSA) is 64.3 Å². The number of benzene rings is 1. The van der Waals surface area contributed by atoms with Gasteiger partial charge in [0.25, 0.3) is 5.92 Å². The van der Waals surface area contributed by atoms with Crippen LogP contribution in [-0.4, -0.2) is 33.4 Å². The number of ether oxygens (including phenoxy) is 1. The Morgan fingerprint density at radius 1 is 1.33 bits per heavy atom. The first kappa shape index (κ1) is 22.2. The van der Waals surface area contributed by atoms with Gasteiger partial charge in [0.05, 0.1) is 11.1 Å². The molecular weight excluding hydrogens is 411 g/mol. The number of hydrogen-bond acceptors (Lipinski definition) is 4. The fraction of sp³-hybridized carbons (Fsp3) is 0.500. The number of esters is 1. The van der Waals surface area contributed by atoms with E-state index in [0.717, 1.165) is 4.68 Å². The van der Waals surface area contributed by atoms with Crippen molar-refractivity contribution in [2.75, 3.05) is 6.61 Å². The van der Waals surface area contributed by atoms with Crippen molar-refractivity contribution in [2.24, 2.45) is 5.92 Å². The number of carbonyl (C=O) groups is 1. The van der Waals surface area contributed by atoms with Crippen LogP contribution in [0, 0.1) is 5.92 Å². The van der Waals surface area contributed by atoms with Crippen LogP contribution in [0.5, 0.6) is 0 Å². The van der Waals surface area contributed by atoms with E-state index in [1.54, 1.807) is 13.0 Å². The summed E-state index contributed by atoms with van der Waals surface area (Å²) in [5.41, 5.74) is -2.33. The molecule has 0 saturated heterocycles. The largest absolute Gasteiger partial charge is 0.447 e. The van der Waals surface area contributed by atoms with Crippen molar-refractivity contribution in [3.63, 3.8) is 0 Å². The van der Waals surface area contributed by atoms with Gasteiger partial charge in [-0.3, -0.25) is 4.68 Å². The summed E-state index contributed by atoms with van der Waals surface area (Å²) in [4.78, 5) is 12.3. The summed E-state index contributed by atoms with van der Waals surface area (Å²) in [5.74, 6) is -5.01. The lowest BCUT2D eigenvalue weighted by atomic mass is 9.89. The Morgan fingerprint density at radius 2 is 2.00 bits per heavy atom. The van der Waals surface area contributed by atoms with E-state index in [1.165, 1.54) is 24.3 Å². The van der Waals surface area contributed by atoms with Crippen LogP contribution in [0.4, 0.5) is 22.0 Å². The first-order chi connectivity index (χ1) is 14.0. The number of alkyl halides is 5. The molecule has 1 N–H and O–H groups in total. The second-order valence-electron chi connectivity index (χ2n) is 7.42. The lowest BCUT2D eigenvalue weighted by molar-refractivity contribution is -0.151. The van der Waals surface area contributed by atoms with Crippen molar-refractivity contribution in [3.8, 4) is 0 Å². The average molecular weight is 432 g/mol. The van der Waals surface area contributed by atoms with Gasteiger partial charge in [-0.05, 0) is 30.9 Å². The monoisotopic (exact) mass is 432 g/mol. The van der Waals surface area contributed by atoms with Gasteiger partial charge in [0.2, 0.25) is 0 Å². The Kier molecular flexibility index (Phi) is 6.16. The van der Waals surface area contributed by atoms with Crippen LogP contribution in [0.25, 0.3) is 0 Å². The molecule has 0 saturated carbocycles. The van der Waals surface area contributed by atoms with E-state index in [1.807, 2.05) is 0 Å². The second kappa shape index (κ2) is 8.33. The number of carbonyl (C=O) groups excluding carboxylic acids is 1. The van der Waals surface area contributed by atoms with Gasteiger partial charge < -0.3 is 9.84 Å². The Hall–Kier alpha value is -2.49. The number of aliphatic hydroxyl groups is 1. The lowest BCUT2D eigenvalue weighted by Crippen LogP contribution is -2.36. The Bertz CT molecular complexity index is 896. The van der Waals surface area contributed by atoms with E-state index in [9.17, 15) is 26.7 Å². The predicted octanol–water partition coefficient (Wildman–Crippen LogP) is 4.40. The molecule has 1 aromatic carbocycles. The number of nitrogens with zero attached hydrogens (tertiary/aromatic N) is 2. The van der Waals surface area contributed by atoms with Crippen molar-refractivity contribution in [1.29, 1.82) is 0 Å². The van der Waals surface area contributed by atoms with E-state index in [0.29, 0.717) is 6.42 Å². The normalized spacial score (nSPS) is 19.2. The highest BCUT2D eigenvalue weighted by Gasteiger charge is 2.54. The second-order valence-corrected chi connectivity index (χ2v) is 7.42. The zero-order chi connectivity index (χ0) is 22.1. The molecule has 2 atom stereocenters. The molecule has 2 aromatic rings. The summed E-state index contributed by atoms with van der Waals surface area (Å²) >= 11 is 0. The van der Waals surface area contributed by atoms with Crippen LogP contribution in [0.1, 0.15) is 53.2 Å². The SMILES string of the molecule is CC(CO)CCn1nc(C(F)(F)F)c2c1CCC(F)(F)[C@H]2OC(=O)c1ccccc1. The molecule has 0 amide bonds. The number of aromatic nitrogens is 2. The fourth-order valence-electron chi connectivity index (χ4n) is 3.40. The zero-order valence-electron chi connectivity index (χ0n) is 16.1. The first-order valence-electron chi connectivity index (χ1n) is 9.46. The van der Waals surface area contributed by atoms with E-state index in [-0.39, 0.29) is 36.7 Å². The number of hydrogen-bond donors (Lipinski definition) is 1. The van der Waals surface area contributed by atoms with Gasteiger partial charge in [-0.15, -0.1) is 0 Å². The van der Waals surface area contributed by atoms with E-state index >= 15 is 0 Å². The number of aliphatic hydroxyl groups excluding tert-OH is 1. The standard InChI is InChI=1S/C20H21F5N2O3/c1-12(11-28)8-10-27-14-7-9-19(21,22)17(15(14)16(26-27)20(23,24)25)30-18(29)13-5-3-2-4-6-13/h2-6,12,17,28H,7-11H2,1H3/t12?,17-/m0/s1. The van der Waals surface area contributed by atoms with Gasteiger partial charge in [-0.2, -0.15) is 18.3 Å². The summed E-state index contributed by atoms with van der Waals surface area (Å²) in [6, 6.07) is 7.23. The van der Waals surface area contributed by atoms with Gasteiger partial charge in [0, 0.05) is 25.3 Å². The molecule has 10 heteroatoms. The molecule has 1 aliphatic rings. The number of halogens is 5. The van der Waals surface area contributed by atoms with Gasteiger partial charge in [-0.1, -0.05) is 25.1 Å². The van der Waals surface area contributed by atoms with E-state index in [2.05, 4.69) is 5.10 Å². The van der Waals surface area contributed by atoms with Gasteiger partial charge in [0.15, 0.2) is 11.8 Å². The third-order valence-electron chi connectivity index (χ3n) is 5.09. The molecule has 5 nitrogen and oxygen atoms in total. The Balaban J connectivity index is 2.03. The minimum Gasteiger partial charge on any atom is -0.447 e. The molecular formula is C20H21F5N2O3. The molecule has 0 fully saturated rings. The quantitative estimate of drug-likeness (QED) is 0.543. The van der Waals surface area contributed by atoms with Crippen LogP contribution in [0.15, 0.2) is 30.3 Å². The van der Waals surface area contributed by atoms with E-state index in [4.69, 9.17) is 9.84 Å². The van der Waals surface area contributed by atoms with Crippen molar-refractivity contribution < 1.29 is 36.6 Å². The molecule has 1 aliphatic carbocycles. The number of rotatable bonds is 6. The molecule has 30 heavy (non-hydrogen) atoms. The van der Waals surface area contributed by atoms with Crippen molar-refractivity contribution in [3.05, 3.63) is 52.8 Å². The van der Waals surface area contributed by atoms with Crippen molar-refractivity contribution in [2.45, 2.75) is 50.9 Å². The maximum atomic E-state index is 14.7. The molecule has 1 heterocycles. The van der Waals surface area contributed by atoms with Crippen molar-refractivity contribution >= 4 is 5.97 Å². The van der Waals surface area contributed by atoms with Crippen LogP contribution in [-0.2, 0) is 23.9 Å². The van der Waals surface area contributed by atoms with Crippen LogP contribution in [0.3, 0.4) is 0 Å². The van der Waals surface area contributed by atoms with Crippen LogP contribution >= 0.6 is 0 Å². The zero-order valence-corrected chi connectivity index (χ0v) is 16.1. The number of aryl methyl sites for hydroxylation is 1. The maximum absolute atomic E-state index is 14.7. The van der Waals surface area contributed by atoms with E-state index < -0.39 is 41.9 Å². The molecule has 1 aromatic heterocycles. The summed E-state index contributed by atoms with van der Waals surface area (Å²) in [6.45, 7) is 1.56. The minimum absolute atomic E-state index is 0.0189. The highest BCUT2D eigenvalue weighted by atomic mass is 19.4. The highest BCUT2D eigenvalue weighted by molar-refractivity contribution is 5.89. The molecule has 0 aliphatic heterocycles. The predicted molar refractivity (Wildman–Crippen MR) is 96.0 cm³/mol. The molecule has 0 radical (unpaired) electrons. The molecule has 0 spiro atoms. The maximum Gasteiger partial charge on any atom is 0.435 e. The first-order valence-corrected chi connectivity index (χ1v) is 9.46. The summed E-state index contributed by atoms with van der Waals surface area (Å²) in [7, 11) is 0. The fourth-order valence-corrected chi connectivity index (χ4v) is 3.40. The Labute approximate surface area is 169 Å². The summed E-state index contributed by atoms with van der Waals surface area (Å²) in [5, 5.41) is 12.7. The van der Waals surface area contributed by atoms with Crippen molar-refractivity contribution in [1.82, 2.24) is 9.78 Å². The van der Waals surface area contributed by atoms with Crippen LogP contribution in [0.2, 0.25) is 0 Å². The number of fused-ring (bicyclic) bond motifs is 1. The Morgan fingerprint density at radius 3 is 2.60 bits per heavy atom. The third-order valence-corrected chi connectivity index (χ3v) is 5.09. The minimum atomic E-state index is -5.00. The molecule has 3 rings (SSSR count). The third kappa shape index (κ3) is 4.48. The molecule has 1 unspecified atom stereocenters. The van der Waals surface area contributed by atoms with Gasteiger partial charge in [-0.25, -0.2) is 13.6 Å². The highest BCUT2D eigenvalue weighted by Crippen LogP contribution is 2.48. The summed E-state index contributed by atoms with van der Waals surface area (Å²) in [6.07, 6.45) is -8.19. The smallest absolute Gasteiger partial charge is 0.435 e. The average Bonchev–Trinajstić information content (AvgIpc) is 3.07. The van der Waals surface area contributed by atoms with Crippen LogP contribution < -0.4 is 0 Å².